The highest BCUT2D eigenvalue weighted by Crippen LogP contribution is 2.40. The van der Waals surface area contributed by atoms with Crippen LogP contribution in [0.1, 0.15) is 43.7 Å². The molecular weight excluding hydrogens is 430 g/mol. The van der Waals surface area contributed by atoms with Gasteiger partial charge in [-0.25, -0.2) is 0 Å². The predicted molar refractivity (Wildman–Crippen MR) is 111 cm³/mol. The van der Waals surface area contributed by atoms with Crippen LogP contribution >= 0.6 is 0 Å². The second kappa shape index (κ2) is 13.2. The van der Waals surface area contributed by atoms with E-state index in [-0.39, 0.29) is 42.9 Å². The molecule has 2 unspecified atom stereocenters. The molecule has 0 saturated heterocycles. The average Bonchev–Trinajstić information content (AvgIpc) is 2.78. The molecule has 0 aliphatic carbocycles. The van der Waals surface area contributed by atoms with Crippen molar-refractivity contribution in [3.05, 3.63) is 29.3 Å². The maximum absolute atomic E-state index is 12.9. The molecule has 10 heteroatoms. The smallest absolute Gasteiger partial charge is 0.317 e. The topological polar surface area (TPSA) is 167 Å². The highest BCUT2D eigenvalue weighted by Gasteiger charge is 2.46. The van der Waals surface area contributed by atoms with Gasteiger partial charge in [0.05, 0.1) is 43.7 Å². The minimum atomic E-state index is -1.61. The van der Waals surface area contributed by atoms with E-state index in [0.29, 0.717) is 0 Å². The number of carbonyl (C=O) groups is 4. The molecule has 0 aliphatic rings. The Morgan fingerprint density at radius 2 is 1.36 bits per heavy atom. The number of rotatable bonds is 12. The number of hydrogen-bond donors (Lipinski definition) is 0. The molecule has 0 saturated carbocycles. The van der Waals surface area contributed by atoms with Crippen LogP contribution in [0.5, 0.6) is 5.75 Å². The first kappa shape index (κ1) is 26.8. The lowest BCUT2D eigenvalue weighted by molar-refractivity contribution is -0.157. The lowest BCUT2D eigenvalue weighted by Gasteiger charge is -2.30. The van der Waals surface area contributed by atoms with Gasteiger partial charge in [0, 0.05) is 5.92 Å². The summed E-state index contributed by atoms with van der Waals surface area (Å²) in [4.78, 5) is 50.9. The summed E-state index contributed by atoms with van der Waals surface area (Å²) in [6, 6.07) is 9.66. The van der Waals surface area contributed by atoms with E-state index in [1.807, 2.05) is 6.07 Å². The van der Waals surface area contributed by atoms with Gasteiger partial charge in [0.15, 0.2) is 0 Å². The van der Waals surface area contributed by atoms with Crippen molar-refractivity contribution in [1.29, 1.82) is 15.8 Å². The van der Waals surface area contributed by atoms with Crippen LogP contribution in [0.4, 0.5) is 0 Å². The Morgan fingerprint density at radius 1 is 0.879 bits per heavy atom. The zero-order valence-electron chi connectivity index (χ0n) is 18.5. The maximum atomic E-state index is 12.9. The van der Waals surface area contributed by atoms with Crippen molar-refractivity contribution < 1.29 is 33.4 Å². The van der Waals surface area contributed by atoms with Gasteiger partial charge in [-0.1, -0.05) is 6.07 Å². The van der Waals surface area contributed by atoms with E-state index in [2.05, 4.69) is 0 Å². The first-order chi connectivity index (χ1) is 15.7. The third kappa shape index (κ3) is 7.15. The van der Waals surface area contributed by atoms with Crippen molar-refractivity contribution in [1.82, 2.24) is 0 Å². The Balaban J connectivity index is 3.69. The second-order valence-corrected chi connectivity index (χ2v) is 6.92. The molecule has 33 heavy (non-hydrogen) atoms. The highest BCUT2D eigenvalue weighted by atomic mass is 16.5. The number of Topliss-reactive ketones (excluding diaryl/α,β-unsaturated/α-hetero) is 2. The molecule has 0 spiro atoms. The van der Waals surface area contributed by atoms with Crippen LogP contribution in [0.3, 0.4) is 0 Å². The third-order valence-corrected chi connectivity index (χ3v) is 4.74. The number of esters is 2. The number of carbonyl (C=O) groups excluding carboxylic acids is 4. The fourth-order valence-electron chi connectivity index (χ4n) is 3.31. The first-order valence-corrected chi connectivity index (χ1v) is 9.89. The molecule has 1 aromatic rings. The number of hydrogen-bond acceptors (Lipinski definition) is 10. The number of nitrogens with zero attached hydrogens (tertiary/aromatic N) is 3. The molecule has 0 bridgehead atoms. The van der Waals surface area contributed by atoms with Gasteiger partial charge in [0.2, 0.25) is 0 Å². The maximum Gasteiger partial charge on any atom is 0.317 e. The van der Waals surface area contributed by atoms with Crippen LogP contribution < -0.4 is 4.74 Å². The molecule has 0 aliphatic heterocycles. The van der Waals surface area contributed by atoms with E-state index < -0.39 is 41.3 Å². The second-order valence-electron chi connectivity index (χ2n) is 6.92. The van der Waals surface area contributed by atoms with Crippen LogP contribution in [0.2, 0.25) is 0 Å². The van der Waals surface area contributed by atoms with Gasteiger partial charge in [-0.3, -0.25) is 19.2 Å². The zero-order valence-corrected chi connectivity index (χ0v) is 18.5. The number of benzene rings is 1. The molecule has 0 heterocycles. The van der Waals surface area contributed by atoms with Gasteiger partial charge in [0.25, 0.3) is 0 Å². The SMILES string of the molecule is COc1cc(C#N)ccc1C(C(C(C)=O)C(=O)OCCC#N)C(C(C)=O)C(=O)OCCC#N. The summed E-state index contributed by atoms with van der Waals surface area (Å²) in [7, 11) is 1.29. The van der Waals surface area contributed by atoms with Crippen molar-refractivity contribution in [3.8, 4) is 24.0 Å². The van der Waals surface area contributed by atoms with Gasteiger partial charge in [-0.05, 0) is 31.5 Å². The Kier molecular flexibility index (Phi) is 10.8. The number of methoxy groups -OCH3 is 1. The van der Waals surface area contributed by atoms with E-state index in [1.165, 1.54) is 25.3 Å². The van der Waals surface area contributed by atoms with E-state index in [4.69, 9.17) is 24.7 Å². The molecule has 10 nitrogen and oxygen atoms in total. The summed E-state index contributed by atoms with van der Waals surface area (Å²) >= 11 is 0. The van der Waals surface area contributed by atoms with Crippen LogP contribution in [-0.2, 0) is 28.7 Å². The van der Waals surface area contributed by atoms with Gasteiger partial charge < -0.3 is 14.2 Å². The Bertz CT molecular complexity index is 980. The number of ether oxygens (including phenoxy) is 3. The van der Waals surface area contributed by atoms with E-state index in [0.717, 1.165) is 13.8 Å². The van der Waals surface area contributed by atoms with Crippen LogP contribution in [0, 0.1) is 45.8 Å². The summed E-state index contributed by atoms with van der Waals surface area (Å²) in [6.07, 6.45) is -0.235. The summed E-state index contributed by atoms with van der Waals surface area (Å²) in [5, 5.41) is 26.6. The molecule has 172 valence electrons. The average molecular weight is 453 g/mol. The van der Waals surface area contributed by atoms with Crippen LogP contribution in [-0.4, -0.2) is 43.8 Å². The normalized spacial score (nSPS) is 12.6. The van der Waals surface area contributed by atoms with Gasteiger partial charge in [-0.2, -0.15) is 15.8 Å². The van der Waals surface area contributed by atoms with Gasteiger partial charge in [0.1, 0.15) is 42.4 Å². The van der Waals surface area contributed by atoms with Crippen LogP contribution in [0.15, 0.2) is 18.2 Å². The zero-order chi connectivity index (χ0) is 25.0. The molecule has 1 aromatic carbocycles. The van der Waals surface area contributed by atoms with E-state index >= 15 is 0 Å². The quantitative estimate of drug-likeness (QED) is 0.259. The number of nitriles is 3. The summed E-state index contributed by atoms with van der Waals surface area (Å²) in [5.41, 5.74) is 0.354. The van der Waals surface area contributed by atoms with E-state index in [9.17, 15) is 24.4 Å². The molecule has 2 atom stereocenters. The molecular formula is C23H23N3O7. The van der Waals surface area contributed by atoms with Crippen LogP contribution in [0.25, 0.3) is 0 Å². The van der Waals surface area contributed by atoms with Crippen molar-refractivity contribution in [2.75, 3.05) is 20.3 Å². The monoisotopic (exact) mass is 453 g/mol. The van der Waals surface area contributed by atoms with Crippen molar-refractivity contribution in [2.24, 2.45) is 11.8 Å². The molecule has 0 radical (unpaired) electrons. The molecule has 1 rings (SSSR count). The fraction of sp³-hybridized carbons (Fsp3) is 0.435. The lowest BCUT2D eigenvalue weighted by Crippen LogP contribution is -2.41. The van der Waals surface area contributed by atoms with Crippen molar-refractivity contribution in [3.63, 3.8) is 0 Å². The molecule has 0 fully saturated rings. The van der Waals surface area contributed by atoms with E-state index in [1.54, 1.807) is 12.1 Å². The first-order valence-electron chi connectivity index (χ1n) is 9.89. The fourth-order valence-corrected chi connectivity index (χ4v) is 3.31. The molecule has 0 N–H and O–H groups in total. The standard InChI is InChI=1S/C23H23N3O7/c1-14(27)19(22(29)32-10-4-8-24)21(17-7-6-16(13-26)12-18(17)31-3)20(15(2)28)23(30)33-11-5-9-25/h6-7,12,19-21H,4-5,10-11H2,1-3H3. The molecule has 0 aromatic heterocycles. The predicted octanol–water partition coefficient (Wildman–Crippen LogP) is 1.97. The summed E-state index contributed by atoms with van der Waals surface area (Å²) < 4.78 is 15.4. The summed E-state index contributed by atoms with van der Waals surface area (Å²) in [5.74, 6) is -7.95. The lowest BCUT2D eigenvalue weighted by atomic mass is 9.73. The largest absolute Gasteiger partial charge is 0.496 e. The highest BCUT2D eigenvalue weighted by molar-refractivity contribution is 6.04. The molecule has 0 amide bonds. The number of ketones is 2. The van der Waals surface area contributed by atoms with Gasteiger partial charge in [-0.15, -0.1) is 0 Å². The Morgan fingerprint density at radius 3 is 1.73 bits per heavy atom. The Hall–Kier alpha value is -4.23. The minimum absolute atomic E-state index is 0.0752. The third-order valence-electron chi connectivity index (χ3n) is 4.74. The Labute approximate surface area is 191 Å². The van der Waals surface area contributed by atoms with Crippen molar-refractivity contribution >= 4 is 23.5 Å². The minimum Gasteiger partial charge on any atom is -0.496 e. The van der Waals surface area contributed by atoms with Gasteiger partial charge >= 0.3 is 11.9 Å². The van der Waals surface area contributed by atoms with Crippen molar-refractivity contribution in [2.45, 2.75) is 32.6 Å². The summed E-state index contributed by atoms with van der Waals surface area (Å²) in [6.45, 7) is 1.65.